The molecule has 0 saturated heterocycles. The molecule has 0 bridgehead atoms. The minimum absolute atomic E-state index is 0.0333. The monoisotopic (exact) mass is 197 g/mol. The minimum Gasteiger partial charge on any atom is -0.327 e. The summed E-state index contributed by atoms with van der Waals surface area (Å²) in [5.74, 6) is -0.424. The van der Waals surface area contributed by atoms with Gasteiger partial charge < -0.3 is 5.11 Å². The van der Waals surface area contributed by atoms with Crippen LogP contribution in [-0.2, 0) is 0 Å². The summed E-state index contributed by atoms with van der Waals surface area (Å²) >= 11 is 0. The fourth-order valence-electron chi connectivity index (χ4n) is 1.76. The number of allylic oxidation sites excluding steroid dienone is 2. The first kappa shape index (κ1) is 10.9. The Kier molecular flexibility index (Phi) is 2.76. The maximum absolute atomic E-state index is 10.8. The number of rotatable bonds is 2. The lowest BCUT2D eigenvalue weighted by atomic mass is 9.81. The molecule has 2 unspecified atom stereocenters. The molecule has 0 aromatic rings. The van der Waals surface area contributed by atoms with Gasteiger partial charge in [0, 0.05) is 6.08 Å². The molecule has 4 nitrogen and oxygen atoms in total. The second-order valence-corrected chi connectivity index (χ2v) is 4.06. The third kappa shape index (κ3) is 1.70. The summed E-state index contributed by atoms with van der Waals surface area (Å²) < 4.78 is 0. The number of nitrogens with zero attached hydrogens (tertiary/aromatic N) is 1. The van der Waals surface area contributed by atoms with Crippen LogP contribution in [0, 0.1) is 22.0 Å². The van der Waals surface area contributed by atoms with Crippen LogP contribution >= 0.6 is 0 Å². The summed E-state index contributed by atoms with van der Waals surface area (Å²) in [5, 5.41) is 20.7. The summed E-state index contributed by atoms with van der Waals surface area (Å²) in [5.41, 5.74) is -1.21. The van der Waals surface area contributed by atoms with E-state index < -0.39 is 16.6 Å². The van der Waals surface area contributed by atoms with E-state index in [0.29, 0.717) is 0 Å². The van der Waals surface area contributed by atoms with Gasteiger partial charge in [0.25, 0.3) is 0 Å². The predicted molar refractivity (Wildman–Crippen MR) is 53.2 cm³/mol. The Morgan fingerprint density at radius 1 is 1.64 bits per heavy atom. The van der Waals surface area contributed by atoms with Crippen molar-refractivity contribution in [2.75, 3.05) is 0 Å². The van der Waals surface area contributed by atoms with Gasteiger partial charge in [-0.2, -0.15) is 0 Å². The molecule has 0 radical (unpaired) electrons. The average molecular weight is 197 g/mol. The van der Waals surface area contributed by atoms with Crippen molar-refractivity contribution in [1.29, 1.82) is 0 Å². The van der Waals surface area contributed by atoms with Crippen LogP contribution in [0.15, 0.2) is 23.8 Å². The zero-order valence-corrected chi connectivity index (χ0v) is 8.60. The minimum atomic E-state index is -1.94. The molecule has 0 saturated carbocycles. The number of nitro groups is 1. The van der Waals surface area contributed by atoms with Crippen LogP contribution in [0.4, 0.5) is 0 Å². The van der Waals surface area contributed by atoms with Crippen molar-refractivity contribution in [2.24, 2.45) is 11.8 Å². The molecule has 1 N–H and O–H groups in total. The average Bonchev–Trinajstić information content (AvgIpc) is 2.02. The molecular weight excluding hydrogens is 182 g/mol. The van der Waals surface area contributed by atoms with Crippen molar-refractivity contribution in [2.45, 2.75) is 26.5 Å². The van der Waals surface area contributed by atoms with E-state index in [1.54, 1.807) is 13.0 Å². The molecule has 0 fully saturated rings. The first-order chi connectivity index (χ1) is 6.38. The van der Waals surface area contributed by atoms with Gasteiger partial charge in [0.15, 0.2) is 0 Å². The molecule has 0 amide bonds. The van der Waals surface area contributed by atoms with Crippen molar-refractivity contribution >= 4 is 0 Å². The molecule has 1 rings (SSSR count). The topological polar surface area (TPSA) is 63.4 Å². The zero-order chi connectivity index (χ0) is 10.9. The van der Waals surface area contributed by atoms with E-state index in [9.17, 15) is 15.2 Å². The summed E-state index contributed by atoms with van der Waals surface area (Å²) in [6.45, 7) is 5.46. The van der Waals surface area contributed by atoms with Gasteiger partial charge in [0.2, 0.25) is 0 Å². The van der Waals surface area contributed by atoms with Crippen LogP contribution in [0.1, 0.15) is 20.8 Å². The number of aliphatic hydroxyl groups is 1. The van der Waals surface area contributed by atoms with Crippen LogP contribution in [0.2, 0.25) is 0 Å². The fraction of sp³-hybridized carbons (Fsp3) is 0.600. The Balaban J connectivity index is 3.10. The van der Waals surface area contributed by atoms with Gasteiger partial charge in [0.1, 0.15) is 0 Å². The highest BCUT2D eigenvalue weighted by Crippen LogP contribution is 2.32. The number of hydrogen-bond donors (Lipinski definition) is 1. The maximum atomic E-state index is 10.8. The first-order valence-electron chi connectivity index (χ1n) is 4.62. The summed E-state index contributed by atoms with van der Waals surface area (Å²) in [6.07, 6.45) is 4.84. The fourth-order valence-corrected chi connectivity index (χ4v) is 1.76. The van der Waals surface area contributed by atoms with Crippen molar-refractivity contribution < 1.29 is 10.0 Å². The van der Waals surface area contributed by atoms with Crippen molar-refractivity contribution in [3.63, 3.8) is 0 Å². The Morgan fingerprint density at radius 3 is 2.64 bits per heavy atom. The largest absolute Gasteiger partial charge is 0.349 e. The molecule has 78 valence electrons. The van der Waals surface area contributed by atoms with Crippen molar-refractivity contribution in [3.8, 4) is 0 Å². The van der Waals surface area contributed by atoms with E-state index in [-0.39, 0.29) is 5.92 Å². The van der Waals surface area contributed by atoms with Gasteiger partial charge in [-0.1, -0.05) is 26.0 Å². The third-order valence-electron chi connectivity index (χ3n) is 2.51. The van der Waals surface area contributed by atoms with E-state index in [1.807, 2.05) is 19.9 Å². The molecule has 0 aromatic carbocycles. The Hall–Kier alpha value is -1.16. The van der Waals surface area contributed by atoms with Gasteiger partial charge in [-0.15, -0.1) is 0 Å². The molecule has 1 aliphatic rings. The molecular formula is C10H15NO3. The molecule has 2 atom stereocenters. The van der Waals surface area contributed by atoms with Crippen LogP contribution in [0.25, 0.3) is 0 Å². The third-order valence-corrected chi connectivity index (χ3v) is 2.51. The van der Waals surface area contributed by atoms with Crippen LogP contribution < -0.4 is 0 Å². The lowest BCUT2D eigenvalue weighted by Gasteiger charge is -2.29. The quantitative estimate of drug-likeness (QED) is 0.416. The lowest BCUT2D eigenvalue weighted by molar-refractivity contribution is -0.618. The van der Waals surface area contributed by atoms with Gasteiger partial charge in [-0.3, -0.25) is 10.1 Å². The molecule has 0 aliphatic heterocycles. The summed E-state index contributed by atoms with van der Waals surface area (Å²) in [7, 11) is 0. The molecule has 1 aliphatic carbocycles. The Morgan fingerprint density at radius 2 is 2.21 bits per heavy atom. The van der Waals surface area contributed by atoms with E-state index >= 15 is 0 Å². The highest BCUT2D eigenvalue weighted by Gasteiger charge is 2.48. The molecule has 4 heteroatoms. The van der Waals surface area contributed by atoms with Crippen LogP contribution in [-0.4, -0.2) is 15.8 Å². The second-order valence-electron chi connectivity index (χ2n) is 4.06. The van der Waals surface area contributed by atoms with Gasteiger partial charge in [0.05, 0.1) is 10.8 Å². The first-order valence-corrected chi connectivity index (χ1v) is 4.62. The number of hydrogen-bond acceptors (Lipinski definition) is 3. The highest BCUT2D eigenvalue weighted by molar-refractivity contribution is 5.26. The summed E-state index contributed by atoms with van der Waals surface area (Å²) in [4.78, 5) is 10.2. The highest BCUT2D eigenvalue weighted by atomic mass is 16.7. The van der Waals surface area contributed by atoms with Crippen molar-refractivity contribution in [1.82, 2.24) is 0 Å². The van der Waals surface area contributed by atoms with Crippen LogP contribution in [0.5, 0.6) is 0 Å². The van der Waals surface area contributed by atoms with Gasteiger partial charge in [-0.25, -0.2) is 0 Å². The van der Waals surface area contributed by atoms with Gasteiger partial charge in [-0.05, 0) is 18.4 Å². The smallest absolute Gasteiger partial charge is 0.327 e. The summed E-state index contributed by atoms with van der Waals surface area (Å²) in [6, 6.07) is 0. The van der Waals surface area contributed by atoms with E-state index in [4.69, 9.17) is 0 Å². The Bertz CT molecular complexity index is 306. The maximum Gasteiger partial charge on any atom is 0.349 e. The van der Waals surface area contributed by atoms with Gasteiger partial charge >= 0.3 is 5.72 Å². The zero-order valence-electron chi connectivity index (χ0n) is 8.60. The molecule has 0 heterocycles. The van der Waals surface area contributed by atoms with E-state index in [0.717, 1.165) is 5.57 Å². The second kappa shape index (κ2) is 3.53. The van der Waals surface area contributed by atoms with E-state index in [2.05, 4.69) is 0 Å². The SMILES string of the molecule is CC1=CC(O)([N+](=O)[O-])C(C(C)C)C=C1. The molecule has 0 spiro atoms. The van der Waals surface area contributed by atoms with Crippen LogP contribution in [0.3, 0.4) is 0 Å². The van der Waals surface area contributed by atoms with E-state index in [1.165, 1.54) is 6.08 Å². The predicted octanol–water partition coefficient (Wildman–Crippen LogP) is 1.74. The standard InChI is InChI=1S/C10H15NO3/c1-7(2)9-5-4-8(3)6-10(9,12)11(13)14/h4-7,9,12H,1-3H3. The molecule has 0 aromatic heterocycles. The normalized spacial score (nSPS) is 31.8. The Labute approximate surface area is 83.1 Å². The van der Waals surface area contributed by atoms with Crippen molar-refractivity contribution in [3.05, 3.63) is 33.9 Å². The lowest BCUT2D eigenvalue weighted by Crippen LogP contribution is -2.46. The molecule has 14 heavy (non-hydrogen) atoms.